The van der Waals surface area contributed by atoms with E-state index in [1.54, 1.807) is 120 Å². The summed E-state index contributed by atoms with van der Waals surface area (Å²) in [7, 11) is 4.44. The molecule has 3 aliphatic carbocycles. The number of ether oxygens (including phenoxy) is 7. The first-order valence-corrected chi connectivity index (χ1v) is 26.8. The third-order valence-corrected chi connectivity index (χ3v) is 17.2. The molecule has 1 amide bonds. The molecule has 0 aromatic heterocycles. The minimum Gasteiger partial charge on any atom is -0.455 e. The summed E-state index contributed by atoms with van der Waals surface area (Å²) in [5, 5.41) is 31.4. The first kappa shape index (κ1) is 55.3. The molecule has 17 nitrogen and oxygen atoms in total. The number of aliphatic hydroxyl groups excluding tert-OH is 1. The van der Waals surface area contributed by atoms with Gasteiger partial charge in [0.1, 0.15) is 30.5 Å². The van der Waals surface area contributed by atoms with E-state index < -0.39 is 119 Å². The van der Waals surface area contributed by atoms with Crippen molar-refractivity contribution >= 4 is 57.3 Å². The molecule has 3 fully saturated rings. The molecular formula is C53H72N2O15S2. The fourth-order valence-corrected chi connectivity index (χ4v) is 13.5. The van der Waals surface area contributed by atoms with Crippen LogP contribution in [0.15, 0.2) is 71.8 Å². The Morgan fingerprint density at radius 3 is 2.26 bits per heavy atom. The van der Waals surface area contributed by atoms with Gasteiger partial charge in [-0.15, -0.1) is 0 Å². The molecule has 11 atom stereocenters. The second-order valence-corrected chi connectivity index (χ2v) is 23.3. The zero-order chi connectivity index (χ0) is 53.5. The summed E-state index contributed by atoms with van der Waals surface area (Å²) < 4.78 is 49.1. The monoisotopic (exact) mass is 1040 g/mol. The Hall–Kier alpha value is -4.50. The molecule has 396 valence electrons. The summed E-state index contributed by atoms with van der Waals surface area (Å²) in [6.45, 7) is 13.5. The number of nitrogens with one attached hydrogen (secondary N) is 2. The molecule has 72 heavy (non-hydrogen) atoms. The summed E-state index contributed by atoms with van der Waals surface area (Å²) in [6.07, 6.45) is -7.92. The van der Waals surface area contributed by atoms with Crippen LogP contribution in [0.3, 0.4) is 0 Å². The molecule has 0 unspecified atom stereocenters. The van der Waals surface area contributed by atoms with Gasteiger partial charge in [-0.05, 0) is 57.9 Å². The third-order valence-electron chi connectivity index (χ3n) is 14.9. The quantitative estimate of drug-likeness (QED) is 0.0262. The first-order valence-electron chi connectivity index (χ1n) is 25.0. The van der Waals surface area contributed by atoms with Crippen LogP contribution in [0.2, 0.25) is 0 Å². The van der Waals surface area contributed by atoms with Crippen LogP contribution in [0.4, 0.5) is 9.59 Å². The van der Waals surface area contributed by atoms with Crippen LogP contribution in [-0.2, 0) is 47.5 Å². The van der Waals surface area contributed by atoms with Crippen molar-refractivity contribution in [2.45, 2.75) is 129 Å². The maximum absolute atomic E-state index is 15.8. The minimum absolute atomic E-state index is 0.103. The number of hydrogen-bond acceptors (Lipinski definition) is 18. The number of benzene rings is 2. The average Bonchev–Trinajstić information content (AvgIpc) is 3.33. The Morgan fingerprint density at radius 1 is 1.00 bits per heavy atom. The molecule has 1 heterocycles. The minimum atomic E-state index is -2.11. The van der Waals surface area contributed by atoms with Crippen LogP contribution in [0, 0.1) is 28.6 Å². The van der Waals surface area contributed by atoms with Gasteiger partial charge in [-0.3, -0.25) is 14.4 Å². The van der Waals surface area contributed by atoms with Crippen LogP contribution in [0.25, 0.3) is 0 Å². The summed E-state index contributed by atoms with van der Waals surface area (Å²) in [5.41, 5.74) is -6.50. The largest absolute Gasteiger partial charge is 0.509 e. The van der Waals surface area contributed by atoms with Gasteiger partial charge in [0.15, 0.2) is 17.2 Å². The highest BCUT2D eigenvalue weighted by Gasteiger charge is 2.77. The Bertz CT molecular complexity index is 2330. The number of aliphatic hydroxyl groups is 2. The van der Waals surface area contributed by atoms with Crippen molar-refractivity contribution in [3.8, 4) is 0 Å². The number of hydrogen-bond donors (Lipinski definition) is 4. The van der Waals surface area contributed by atoms with E-state index in [1.165, 1.54) is 24.8 Å². The molecular weight excluding hydrogens is 969 g/mol. The number of ketones is 2. The average molecular weight is 1040 g/mol. The van der Waals surface area contributed by atoms with E-state index in [1.807, 2.05) is 0 Å². The Labute approximate surface area is 431 Å². The lowest BCUT2D eigenvalue weighted by atomic mass is 9.41. The van der Waals surface area contributed by atoms with Gasteiger partial charge in [-0.1, -0.05) is 103 Å². The SMILES string of the molecule is [3H]CCNCCSSCCOC(=O)O[C@@H](C(=O)O[C@H]1C[C@@]2(O)[C@@H](CC(=O)c3ccccc3)[C@@H]3[C@]4(OC(C)=O)CO[C@@H]4C[C@H](OC)[C@@]3(C)C(=O)[C@H](CO)C(=C1C)C2(C)C)[C@@H](NC(=O)OC(C)(C)C)c1ccccc1. The molecule has 2 aromatic rings. The van der Waals surface area contributed by atoms with Gasteiger partial charge in [0.05, 0.1) is 36.3 Å². The van der Waals surface area contributed by atoms with Crippen LogP contribution in [0.1, 0.15) is 105 Å². The number of amides is 1. The lowest BCUT2D eigenvalue weighted by Gasteiger charge is -2.69. The van der Waals surface area contributed by atoms with Crippen LogP contribution in [-0.4, -0.2) is 139 Å². The predicted octanol–water partition coefficient (Wildman–Crippen LogP) is 6.98. The van der Waals surface area contributed by atoms with Gasteiger partial charge in [0, 0.05) is 75.5 Å². The highest BCUT2D eigenvalue weighted by Crippen LogP contribution is 2.67. The van der Waals surface area contributed by atoms with Crippen molar-refractivity contribution < 1.29 is 73.5 Å². The number of Topliss-reactive ketones (excluding diaryl/α,β-unsaturated/α-hetero) is 2. The Morgan fingerprint density at radius 2 is 1.67 bits per heavy atom. The summed E-state index contributed by atoms with van der Waals surface area (Å²) >= 11 is 0. The molecule has 6 rings (SSSR count). The zero-order valence-corrected chi connectivity index (χ0v) is 44.3. The van der Waals surface area contributed by atoms with Crippen molar-refractivity contribution in [1.82, 2.24) is 10.6 Å². The molecule has 0 spiro atoms. The van der Waals surface area contributed by atoms with Crippen LogP contribution in [0.5, 0.6) is 0 Å². The molecule has 0 radical (unpaired) electrons. The smallest absolute Gasteiger partial charge is 0.455 e. The number of esters is 2. The van der Waals surface area contributed by atoms with Gasteiger partial charge < -0.3 is 54.0 Å². The maximum Gasteiger partial charge on any atom is 0.509 e. The van der Waals surface area contributed by atoms with Crippen molar-refractivity contribution in [2.75, 3.05) is 51.5 Å². The van der Waals surface area contributed by atoms with E-state index in [4.69, 9.17) is 34.5 Å². The predicted molar refractivity (Wildman–Crippen MR) is 270 cm³/mol. The third kappa shape index (κ3) is 11.6. The lowest BCUT2D eigenvalue weighted by Crippen LogP contribution is -2.80. The molecule has 2 saturated carbocycles. The van der Waals surface area contributed by atoms with Gasteiger partial charge in [0.2, 0.25) is 6.10 Å². The second-order valence-electron chi connectivity index (χ2n) is 20.6. The van der Waals surface area contributed by atoms with E-state index in [9.17, 15) is 29.4 Å². The number of alkyl carbamates (subject to hydrolysis) is 1. The van der Waals surface area contributed by atoms with Gasteiger partial charge in [0.25, 0.3) is 0 Å². The number of carbonyl (C=O) groups is 6. The summed E-state index contributed by atoms with van der Waals surface area (Å²) in [6, 6.07) is 15.3. The standard InChI is InChI=1S/C53H72N2O15S2/c1-11-54-22-24-71-72-25-23-65-48(62)68-43(42(34-20-16-13-17-21-34)55-47(61)70-49(4,5)6)46(60)67-38-28-53(63)36(26-37(58)33-18-14-12-15-19-33)44-51(9,45(59)35(29-56)41(31(38)2)50(53,7)8)39(64-10)27-40-52(44,30-66-40)69-32(3)57/h12-21,35-36,38-40,42-44,54,56,63H,11,22-30H2,1-10H3,(H,55,61)/t35-,36+,38+,39+,40-,42+,43-,44+,51-,52+,53-/m1/s1/i1T. The molecule has 2 aromatic carbocycles. The van der Waals surface area contributed by atoms with E-state index in [0.717, 1.165) is 5.75 Å². The number of methoxy groups -OCH3 is 1. The number of fused-ring (bicyclic) bond motifs is 5. The molecule has 4 N–H and O–H groups in total. The van der Waals surface area contributed by atoms with E-state index >= 15 is 9.59 Å². The molecule has 1 aliphatic heterocycles. The van der Waals surface area contributed by atoms with Gasteiger partial charge in [-0.2, -0.15) is 0 Å². The highest BCUT2D eigenvalue weighted by atomic mass is 33.1. The summed E-state index contributed by atoms with van der Waals surface area (Å²) in [5.74, 6) is -5.39. The molecule has 1 saturated heterocycles. The lowest BCUT2D eigenvalue weighted by molar-refractivity contribution is -0.341. The normalized spacial score (nSPS) is 29.5. The van der Waals surface area contributed by atoms with Crippen molar-refractivity contribution in [3.63, 3.8) is 0 Å². The first-order chi connectivity index (χ1) is 34.5. The topological polar surface area (TPSA) is 232 Å². The van der Waals surface area contributed by atoms with Gasteiger partial charge in [-0.25, -0.2) is 14.4 Å². The molecule has 4 aliphatic rings. The van der Waals surface area contributed by atoms with E-state index in [-0.39, 0.29) is 44.3 Å². The van der Waals surface area contributed by atoms with Crippen molar-refractivity contribution in [2.24, 2.45) is 28.6 Å². The van der Waals surface area contributed by atoms with E-state index in [2.05, 4.69) is 10.6 Å². The Kier molecular flexibility index (Phi) is 17.9. The van der Waals surface area contributed by atoms with Crippen molar-refractivity contribution in [1.29, 1.82) is 0 Å². The highest BCUT2D eigenvalue weighted by molar-refractivity contribution is 8.76. The Balaban J connectivity index is 1.47. The zero-order valence-electron chi connectivity index (χ0n) is 43.7. The number of carbonyl (C=O) groups excluding carboxylic acids is 6. The fourth-order valence-electron chi connectivity index (χ4n) is 11.7. The van der Waals surface area contributed by atoms with Crippen molar-refractivity contribution in [3.05, 3.63) is 82.9 Å². The van der Waals surface area contributed by atoms with Gasteiger partial charge >= 0.3 is 24.2 Å². The van der Waals surface area contributed by atoms with E-state index in [0.29, 0.717) is 35.5 Å². The second kappa shape index (κ2) is 23.4. The molecule has 2 bridgehead atoms. The fraction of sp³-hybridized carbons (Fsp3) is 0.623. The van der Waals surface area contributed by atoms with Crippen LogP contribution >= 0.6 is 21.6 Å². The number of rotatable bonds is 20. The van der Waals surface area contributed by atoms with Crippen LogP contribution < -0.4 is 10.6 Å². The maximum atomic E-state index is 15.8. The summed E-state index contributed by atoms with van der Waals surface area (Å²) in [4.78, 5) is 86.3. The molecule has 19 heteroatoms.